The number of piperazine rings is 1. The number of fused-ring (bicyclic) bond motifs is 2. The molecule has 0 unspecified atom stereocenters. The normalized spacial score (nSPS) is 21.2. The molecule has 1 N–H and O–H groups in total. The van der Waals surface area contributed by atoms with E-state index in [0.29, 0.717) is 32.2 Å². The highest BCUT2D eigenvalue weighted by molar-refractivity contribution is 7.99. The van der Waals surface area contributed by atoms with Gasteiger partial charge in [0.2, 0.25) is 0 Å². The van der Waals surface area contributed by atoms with Crippen molar-refractivity contribution in [2.24, 2.45) is 0 Å². The molecule has 0 bridgehead atoms. The molecular weight excluding hydrogens is 534 g/mol. The molecule has 1 aromatic heterocycles. The Morgan fingerprint density at radius 2 is 1.93 bits per heavy atom. The van der Waals surface area contributed by atoms with Crippen LogP contribution in [0.1, 0.15) is 36.1 Å². The summed E-state index contributed by atoms with van der Waals surface area (Å²) in [6.45, 7) is 6.24. The fraction of sp³-hybridized carbons (Fsp3) is 0.484. The molecule has 10 heteroatoms. The van der Waals surface area contributed by atoms with Crippen molar-refractivity contribution in [1.82, 2.24) is 19.8 Å². The van der Waals surface area contributed by atoms with Gasteiger partial charge in [0.25, 0.3) is 0 Å². The number of nitrogens with zero attached hydrogens (tertiary/aromatic N) is 7. The molecule has 0 spiro atoms. The molecule has 0 saturated carbocycles. The molecule has 4 heterocycles. The molecule has 2 atom stereocenters. The summed E-state index contributed by atoms with van der Waals surface area (Å²) in [4.78, 5) is 30.6. The lowest BCUT2D eigenvalue weighted by Crippen LogP contribution is -2.55. The minimum atomic E-state index is -0.965. The largest absolute Gasteiger partial charge is 0.465 e. The van der Waals surface area contributed by atoms with Crippen molar-refractivity contribution in [2.45, 2.75) is 56.4 Å². The van der Waals surface area contributed by atoms with Crippen molar-refractivity contribution < 1.29 is 9.90 Å². The summed E-state index contributed by atoms with van der Waals surface area (Å²) in [6.07, 6.45) is 2.44. The van der Waals surface area contributed by atoms with E-state index < -0.39 is 6.09 Å². The van der Waals surface area contributed by atoms with Crippen molar-refractivity contribution in [3.63, 3.8) is 0 Å². The Kier molecular flexibility index (Phi) is 7.91. The molecule has 1 amide bonds. The first-order chi connectivity index (χ1) is 19.9. The van der Waals surface area contributed by atoms with Crippen LogP contribution in [0.15, 0.2) is 41.6 Å². The third-order valence-electron chi connectivity index (χ3n) is 8.89. The van der Waals surface area contributed by atoms with Crippen LogP contribution < -0.4 is 9.80 Å². The van der Waals surface area contributed by atoms with Crippen molar-refractivity contribution in [3.05, 3.63) is 53.2 Å². The van der Waals surface area contributed by atoms with Gasteiger partial charge in [-0.05, 0) is 56.8 Å². The molecule has 0 radical (unpaired) electrons. The molecule has 0 aliphatic carbocycles. The summed E-state index contributed by atoms with van der Waals surface area (Å²) in [6, 6.07) is 15.3. The van der Waals surface area contributed by atoms with Gasteiger partial charge >= 0.3 is 6.09 Å². The number of benzene rings is 2. The number of hydrogen-bond acceptors (Lipinski definition) is 8. The minimum absolute atomic E-state index is 0.167. The summed E-state index contributed by atoms with van der Waals surface area (Å²) in [5.74, 6) is 1.86. The number of rotatable bonds is 6. The van der Waals surface area contributed by atoms with E-state index in [-0.39, 0.29) is 12.5 Å². The van der Waals surface area contributed by atoms with Crippen molar-refractivity contribution in [1.29, 1.82) is 5.26 Å². The van der Waals surface area contributed by atoms with Crippen LogP contribution in [-0.2, 0) is 13.0 Å². The van der Waals surface area contributed by atoms with E-state index in [4.69, 9.17) is 9.97 Å². The first kappa shape index (κ1) is 27.6. The molecule has 2 fully saturated rings. The highest BCUT2D eigenvalue weighted by Crippen LogP contribution is 2.36. The maximum absolute atomic E-state index is 11.9. The third kappa shape index (κ3) is 5.53. The first-order valence-corrected chi connectivity index (χ1v) is 15.5. The molecule has 41 heavy (non-hydrogen) atoms. The number of carboxylic acid groups (broad SMARTS) is 1. The van der Waals surface area contributed by atoms with Gasteiger partial charge in [0.1, 0.15) is 5.82 Å². The number of carbonyl (C=O) groups is 1. The zero-order chi connectivity index (χ0) is 28.5. The monoisotopic (exact) mass is 571 g/mol. The second-order valence-corrected chi connectivity index (χ2v) is 12.4. The molecule has 3 aromatic rings. The highest BCUT2D eigenvalue weighted by atomic mass is 32.2. The van der Waals surface area contributed by atoms with E-state index in [0.717, 1.165) is 47.5 Å². The Morgan fingerprint density at radius 3 is 2.68 bits per heavy atom. The smallest absolute Gasteiger partial charge is 0.407 e. The van der Waals surface area contributed by atoms with Crippen LogP contribution in [0.4, 0.5) is 16.3 Å². The molecule has 3 aliphatic rings. The Bertz CT molecular complexity index is 1490. The number of amides is 1. The van der Waals surface area contributed by atoms with Gasteiger partial charge < -0.3 is 24.7 Å². The Labute approximate surface area is 245 Å². The lowest BCUT2D eigenvalue weighted by Gasteiger charge is -2.41. The standard InChI is InChI=1S/C31H37N7O2S/c1-21-6-3-7-22-8-4-10-27(28(21)22)36-15-12-25-26(19-36)33-30(41-20-24-9-5-14-35(24)2)34-29(25)37-16-17-38(31(39)40)23(18-37)11-13-32/h3-4,6-8,10,23-24H,5,9,11-12,14-20H2,1-2H3,(H,39,40)/t23-,24-/m0/s1. The Hall–Kier alpha value is -3.55. The molecule has 214 valence electrons. The van der Waals surface area contributed by atoms with E-state index >= 15 is 0 Å². The Balaban J connectivity index is 1.34. The summed E-state index contributed by atoms with van der Waals surface area (Å²) in [7, 11) is 2.19. The van der Waals surface area contributed by atoms with Gasteiger partial charge in [-0.2, -0.15) is 5.26 Å². The average Bonchev–Trinajstić information content (AvgIpc) is 3.39. The molecule has 2 saturated heterocycles. The number of aryl methyl sites for hydroxylation is 1. The van der Waals surface area contributed by atoms with Crippen molar-refractivity contribution in [3.8, 4) is 6.07 Å². The number of thioether (sulfide) groups is 1. The summed E-state index contributed by atoms with van der Waals surface area (Å²) in [5.41, 5.74) is 4.70. The molecule has 9 nitrogen and oxygen atoms in total. The minimum Gasteiger partial charge on any atom is -0.465 e. The van der Waals surface area contributed by atoms with Gasteiger partial charge in [-0.25, -0.2) is 14.8 Å². The third-order valence-corrected chi connectivity index (χ3v) is 9.88. The molecule has 2 aromatic carbocycles. The summed E-state index contributed by atoms with van der Waals surface area (Å²) in [5, 5.41) is 22.4. The van der Waals surface area contributed by atoms with Gasteiger partial charge in [0, 0.05) is 54.6 Å². The van der Waals surface area contributed by atoms with Gasteiger partial charge in [-0.3, -0.25) is 0 Å². The van der Waals surface area contributed by atoms with Gasteiger partial charge in [0.05, 0.1) is 30.8 Å². The Morgan fingerprint density at radius 1 is 1.10 bits per heavy atom. The number of aromatic nitrogens is 2. The number of likely N-dealkylation sites (tertiary alicyclic amines) is 1. The number of nitriles is 1. The average molecular weight is 572 g/mol. The lowest BCUT2D eigenvalue weighted by molar-refractivity contribution is 0.119. The van der Waals surface area contributed by atoms with Crippen molar-refractivity contribution in [2.75, 3.05) is 55.3 Å². The molecule has 3 aliphatic heterocycles. The van der Waals surface area contributed by atoms with Crippen LogP contribution >= 0.6 is 11.8 Å². The van der Waals surface area contributed by atoms with Crippen LogP contribution in [0.25, 0.3) is 10.8 Å². The van der Waals surface area contributed by atoms with Crippen LogP contribution in [0.3, 0.4) is 0 Å². The van der Waals surface area contributed by atoms with Crippen LogP contribution in [0.2, 0.25) is 0 Å². The SMILES string of the molecule is Cc1cccc2cccc(N3CCc4c(nc(SC[C@@H]5CCCN5C)nc4N4CCN(C(=O)O)[C@@H](CC#N)C4)C3)c12. The van der Waals surface area contributed by atoms with E-state index in [9.17, 15) is 15.2 Å². The van der Waals surface area contributed by atoms with E-state index in [1.54, 1.807) is 11.8 Å². The van der Waals surface area contributed by atoms with Gasteiger partial charge in [-0.15, -0.1) is 0 Å². The fourth-order valence-corrected chi connectivity index (χ4v) is 7.72. The van der Waals surface area contributed by atoms with Gasteiger partial charge in [0.15, 0.2) is 5.16 Å². The quantitative estimate of drug-likeness (QED) is 0.331. The van der Waals surface area contributed by atoms with E-state index in [1.807, 2.05) is 0 Å². The summed E-state index contributed by atoms with van der Waals surface area (Å²) < 4.78 is 0. The predicted molar refractivity (Wildman–Crippen MR) is 163 cm³/mol. The van der Waals surface area contributed by atoms with E-state index in [1.165, 1.54) is 39.8 Å². The topological polar surface area (TPSA) is 99.8 Å². The second kappa shape index (κ2) is 11.7. The second-order valence-electron chi connectivity index (χ2n) is 11.4. The van der Waals surface area contributed by atoms with Gasteiger partial charge in [-0.1, -0.05) is 42.1 Å². The maximum Gasteiger partial charge on any atom is 0.407 e. The van der Waals surface area contributed by atoms with Crippen LogP contribution in [0, 0.1) is 18.3 Å². The predicted octanol–water partition coefficient (Wildman–Crippen LogP) is 4.77. The first-order valence-electron chi connectivity index (χ1n) is 14.5. The fourth-order valence-electron chi connectivity index (χ4n) is 6.63. The van der Waals surface area contributed by atoms with Crippen molar-refractivity contribution >= 4 is 40.1 Å². The maximum atomic E-state index is 11.9. The lowest BCUT2D eigenvalue weighted by atomic mass is 9.99. The van der Waals surface area contributed by atoms with Crippen LogP contribution in [0.5, 0.6) is 0 Å². The summed E-state index contributed by atoms with van der Waals surface area (Å²) >= 11 is 1.73. The van der Waals surface area contributed by atoms with Crippen LogP contribution in [-0.4, -0.2) is 88.6 Å². The highest BCUT2D eigenvalue weighted by Gasteiger charge is 2.34. The molecule has 6 rings (SSSR count). The number of anilines is 2. The number of hydrogen-bond donors (Lipinski definition) is 1. The molecular formula is C31H37N7O2S. The zero-order valence-corrected chi connectivity index (χ0v) is 24.6. The zero-order valence-electron chi connectivity index (χ0n) is 23.8. The van der Waals surface area contributed by atoms with E-state index in [2.05, 4.69) is 71.1 Å².